The first kappa shape index (κ1) is 13.5. The zero-order valence-electron chi connectivity index (χ0n) is 10.5. The zero-order chi connectivity index (χ0) is 12.0. The molecule has 0 amide bonds. The summed E-state index contributed by atoms with van der Waals surface area (Å²) in [5.41, 5.74) is 2.60. The van der Waals surface area contributed by atoms with Crippen LogP contribution in [0, 0.1) is 5.41 Å². The van der Waals surface area contributed by atoms with E-state index in [9.17, 15) is 10.2 Å². The van der Waals surface area contributed by atoms with Crippen molar-refractivity contribution in [2.24, 2.45) is 5.41 Å². The molecular weight excluding hydrogens is 200 g/mol. The second-order valence-corrected chi connectivity index (χ2v) is 5.20. The minimum atomic E-state index is -0.250. The second-order valence-electron chi connectivity index (χ2n) is 5.20. The third-order valence-corrected chi connectivity index (χ3v) is 3.49. The molecule has 0 bridgehead atoms. The van der Waals surface area contributed by atoms with Gasteiger partial charge in [0.1, 0.15) is 0 Å². The Kier molecular flexibility index (Phi) is 5.23. The van der Waals surface area contributed by atoms with Crippen LogP contribution in [0.2, 0.25) is 0 Å². The Balaban J connectivity index is 2.43. The van der Waals surface area contributed by atoms with Crippen LogP contribution >= 0.6 is 0 Å². The summed E-state index contributed by atoms with van der Waals surface area (Å²) in [5, 5.41) is 18.6. The van der Waals surface area contributed by atoms with E-state index >= 15 is 0 Å². The average Bonchev–Trinajstić information content (AvgIpc) is 2.30. The molecule has 0 unspecified atom stereocenters. The van der Waals surface area contributed by atoms with Crippen molar-refractivity contribution < 1.29 is 10.2 Å². The number of rotatable bonds is 5. The molecule has 16 heavy (non-hydrogen) atoms. The first-order valence-corrected chi connectivity index (χ1v) is 6.15. The topological polar surface area (TPSA) is 40.5 Å². The van der Waals surface area contributed by atoms with Gasteiger partial charge in [0.2, 0.25) is 0 Å². The molecule has 0 aromatic carbocycles. The van der Waals surface area contributed by atoms with Crippen molar-refractivity contribution in [1.29, 1.82) is 0 Å². The van der Waals surface area contributed by atoms with Crippen LogP contribution in [0.1, 0.15) is 46.0 Å². The number of aliphatic hydroxyl groups is 2. The van der Waals surface area contributed by atoms with Crippen molar-refractivity contribution in [2.75, 3.05) is 13.2 Å². The molecule has 0 aliphatic heterocycles. The van der Waals surface area contributed by atoms with E-state index in [1.165, 1.54) is 11.1 Å². The number of hydrogen-bond donors (Lipinski definition) is 2. The van der Waals surface area contributed by atoms with Gasteiger partial charge in [0.05, 0.1) is 13.2 Å². The van der Waals surface area contributed by atoms with E-state index < -0.39 is 0 Å². The molecule has 0 aromatic rings. The second kappa shape index (κ2) is 6.21. The van der Waals surface area contributed by atoms with Crippen LogP contribution in [-0.4, -0.2) is 23.4 Å². The standard InChI is InChI=1S/C14H24O2/c1-12(2)4-3-5-13-6-8-14(10-15,11-16)9-7-13/h4,6,15-16H,3,5,7-11H2,1-2H3. The van der Waals surface area contributed by atoms with Gasteiger partial charge in [0, 0.05) is 5.41 Å². The van der Waals surface area contributed by atoms with Gasteiger partial charge in [-0.15, -0.1) is 0 Å². The largest absolute Gasteiger partial charge is 0.396 e. The van der Waals surface area contributed by atoms with Crippen LogP contribution in [0.3, 0.4) is 0 Å². The molecule has 2 nitrogen and oxygen atoms in total. The maximum atomic E-state index is 9.28. The fraction of sp³-hybridized carbons (Fsp3) is 0.714. The van der Waals surface area contributed by atoms with E-state index in [4.69, 9.17) is 0 Å². The highest BCUT2D eigenvalue weighted by Gasteiger charge is 2.30. The number of allylic oxidation sites excluding steroid dienone is 4. The summed E-state index contributed by atoms with van der Waals surface area (Å²) < 4.78 is 0. The van der Waals surface area contributed by atoms with Crippen molar-refractivity contribution in [3.8, 4) is 0 Å². The van der Waals surface area contributed by atoms with Gasteiger partial charge in [-0.25, -0.2) is 0 Å². The number of aliphatic hydroxyl groups excluding tert-OH is 2. The zero-order valence-corrected chi connectivity index (χ0v) is 10.5. The minimum Gasteiger partial charge on any atom is -0.396 e. The van der Waals surface area contributed by atoms with Gasteiger partial charge in [-0.2, -0.15) is 0 Å². The van der Waals surface area contributed by atoms with Crippen LogP contribution < -0.4 is 0 Å². The van der Waals surface area contributed by atoms with E-state index in [0.29, 0.717) is 0 Å². The maximum Gasteiger partial charge on any atom is 0.0512 e. The molecule has 0 atom stereocenters. The van der Waals surface area contributed by atoms with Crippen molar-refractivity contribution in [1.82, 2.24) is 0 Å². The van der Waals surface area contributed by atoms with E-state index in [1.54, 1.807) is 0 Å². The Morgan fingerprint density at radius 1 is 1.38 bits per heavy atom. The van der Waals surface area contributed by atoms with Crippen LogP contribution in [0.25, 0.3) is 0 Å². The van der Waals surface area contributed by atoms with Crippen LogP contribution in [-0.2, 0) is 0 Å². The first-order valence-electron chi connectivity index (χ1n) is 6.15. The first-order chi connectivity index (χ1) is 7.62. The predicted octanol–water partition coefficient (Wildman–Crippen LogP) is 2.81. The van der Waals surface area contributed by atoms with Gasteiger partial charge in [-0.05, 0) is 46.0 Å². The molecule has 0 spiro atoms. The summed E-state index contributed by atoms with van der Waals surface area (Å²) >= 11 is 0. The summed E-state index contributed by atoms with van der Waals surface area (Å²) in [6, 6.07) is 0. The molecule has 2 N–H and O–H groups in total. The van der Waals surface area contributed by atoms with Crippen LogP contribution in [0.15, 0.2) is 23.3 Å². The van der Waals surface area contributed by atoms with Gasteiger partial charge < -0.3 is 10.2 Å². The molecular formula is C14H24O2. The molecule has 0 aromatic heterocycles. The number of hydrogen-bond acceptors (Lipinski definition) is 2. The molecule has 0 fully saturated rings. The summed E-state index contributed by atoms with van der Waals surface area (Å²) in [7, 11) is 0. The molecule has 0 saturated heterocycles. The molecule has 2 heteroatoms. The SMILES string of the molecule is CC(C)=CCCC1=CCC(CO)(CO)CC1. The molecule has 1 aliphatic carbocycles. The van der Waals surface area contributed by atoms with Gasteiger partial charge >= 0.3 is 0 Å². The quantitative estimate of drug-likeness (QED) is 0.705. The lowest BCUT2D eigenvalue weighted by atomic mass is 9.75. The lowest BCUT2D eigenvalue weighted by Gasteiger charge is -2.32. The molecule has 0 saturated carbocycles. The lowest BCUT2D eigenvalue weighted by molar-refractivity contribution is 0.0456. The Hall–Kier alpha value is -0.600. The normalized spacial score (nSPS) is 19.1. The third-order valence-electron chi connectivity index (χ3n) is 3.49. The van der Waals surface area contributed by atoms with Gasteiger partial charge in [0.25, 0.3) is 0 Å². The summed E-state index contributed by atoms with van der Waals surface area (Å²) in [5.74, 6) is 0. The smallest absolute Gasteiger partial charge is 0.0512 e. The Bertz CT molecular complexity index is 268. The summed E-state index contributed by atoms with van der Waals surface area (Å²) in [6.07, 6.45) is 9.48. The maximum absolute atomic E-state index is 9.28. The van der Waals surface area contributed by atoms with Crippen molar-refractivity contribution >= 4 is 0 Å². The Labute approximate surface area is 98.7 Å². The highest BCUT2D eigenvalue weighted by atomic mass is 16.3. The molecule has 92 valence electrons. The molecule has 1 aliphatic rings. The highest BCUT2D eigenvalue weighted by molar-refractivity contribution is 5.11. The third kappa shape index (κ3) is 3.76. The van der Waals surface area contributed by atoms with Crippen LogP contribution in [0.4, 0.5) is 0 Å². The van der Waals surface area contributed by atoms with Gasteiger partial charge in [-0.1, -0.05) is 23.3 Å². The fourth-order valence-electron chi connectivity index (χ4n) is 2.10. The summed E-state index contributed by atoms with van der Waals surface area (Å²) in [6.45, 7) is 4.44. The van der Waals surface area contributed by atoms with E-state index in [1.807, 2.05) is 0 Å². The monoisotopic (exact) mass is 224 g/mol. The highest BCUT2D eigenvalue weighted by Crippen LogP contribution is 2.35. The van der Waals surface area contributed by atoms with E-state index in [-0.39, 0.29) is 18.6 Å². The lowest BCUT2D eigenvalue weighted by Crippen LogP contribution is -2.31. The molecule has 1 rings (SSSR count). The van der Waals surface area contributed by atoms with Crippen molar-refractivity contribution in [3.63, 3.8) is 0 Å². The average molecular weight is 224 g/mol. The minimum absolute atomic E-state index is 0.0985. The van der Waals surface area contributed by atoms with E-state index in [0.717, 1.165) is 32.1 Å². The molecule has 0 radical (unpaired) electrons. The van der Waals surface area contributed by atoms with Gasteiger partial charge in [-0.3, -0.25) is 0 Å². The predicted molar refractivity (Wildman–Crippen MR) is 67.2 cm³/mol. The van der Waals surface area contributed by atoms with Crippen molar-refractivity contribution in [3.05, 3.63) is 23.3 Å². The van der Waals surface area contributed by atoms with E-state index in [2.05, 4.69) is 26.0 Å². The molecule has 0 heterocycles. The van der Waals surface area contributed by atoms with Gasteiger partial charge in [0.15, 0.2) is 0 Å². The Morgan fingerprint density at radius 2 is 2.06 bits per heavy atom. The van der Waals surface area contributed by atoms with Crippen molar-refractivity contribution in [2.45, 2.75) is 46.0 Å². The Morgan fingerprint density at radius 3 is 2.50 bits per heavy atom. The fourth-order valence-corrected chi connectivity index (χ4v) is 2.10. The van der Waals surface area contributed by atoms with Crippen LogP contribution in [0.5, 0.6) is 0 Å². The summed E-state index contributed by atoms with van der Waals surface area (Å²) in [4.78, 5) is 0.